The van der Waals surface area contributed by atoms with Gasteiger partial charge in [-0.05, 0) is 25.0 Å². The fourth-order valence-electron chi connectivity index (χ4n) is 3.96. The first kappa shape index (κ1) is 23.2. The molecule has 34 heavy (non-hydrogen) atoms. The third kappa shape index (κ3) is 4.57. The lowest BCUT2D eigenvalue weighted by Gasteiger charge is -2.22. The van der Waals surface area contributed by atoms with Crippen LogP contribution < -0.4 is 16.4 Å². The maximum atomic E-state index is 14.3. The number of carbonyl (C=O) groups is 2. The topological polar surface area (TPSA) is 146 Å². The summed E-state index contributed by atoms with van der Waals surface area (Å²) in [7, 11) is 0. The van der Waals surface area contributed by atoms with Gasteiger partial charge in [0.25, 0.3) is 5.91 Å². The number of nitrogens with two attached hydrogens (primary N) is 1. The number of nitrogens with zero attached hydrogens (tertiary/aromatic N) is 4. The van der Waals surface area contributed by atoms with Crippen LogP contribution in [0.1, 0.15) is 28.9 Å². The SMILES string of the molecule is NC=C(C=NCC(=O)N1CCCC1CO)Nc1nc(-c2c(F)cccc2F)nc2c1C(=O)NC2. The number of benzene rings is 1. The molecule has 2 aromatic rings. The van der Waals surface area contributed by atoms with Crippen LogP contribution in [0.4, 0.5) is 14.6 Å². The number of likely N-dealkylation sites (tertiary alicyclic amines) is 1. The smallest absolute Gasteiger partial charge is 0.257 e. The molecule has 0 bridgehead atoms. The molecule has 1 aromatic heterocycles. The fraction of sp³-hybridized carbons (Fsp3) is 0.318. The van der Waals surface area contributed by atoms with Crippen LogP contribution in [0.15, 0.2) is 35.1 Å². The van der Waals surface area contributed by atoms with Gasteiger partial charge in [0.15, 0.2) is 5.82 Å². The summed E-state index contributed by atoms with van der Waals surface area (Å²) < 4.78 is 28.6. The van der Waals surface area contributed by atoms with Gasteiger partial charge in [-0.25, -0.2) is 18.7 Å². The number of allylic oxidation sites excluding steroid dienone is 1. The maximum absolute atomic E-state index is 14.3. The number of fused-ring (bicyclic) bond motifs is 1. The van der Waals surface area contributed by atoms with E-state index in [2.05, 4.69) is 25.6 Å². The molecular formula is C22H23F2N7O3. The number of anilines is 1. The molecule has 5 N–H and O–H groups in total. The monoisotopic (exact) mass is 471 g/mol. The van der Waals surface area contributed by atoms with Gasteiger partial charge in [0.1, 0.15) is 29.6 Å². The quantitative estimate of drug-likeness (QED) is 0.440. The molecule has 1 unspecified atom stereocenters. The average Bonchev–Trinajstić information content (AvgIpc) is 3.45. The van der Waals surface area contributed by atoms with Crippen LogP contribution in [0.25, 0.3) is 11.4 Å². The summed E-state index contributed by atoms with van der Waals surface area (Å²) in [6.45, 7) is 0.371. The van der Waals surface area contributed by atoms with Gasteiger partial charge in [0, 0.05) is 19.0 Å². The molecule has 1 saturated heterocycles. The Labute approximate surface area is 193 Å². The molecule has 2 amide bonds. The summed E-state index contributed by atoms with van der Waals surface area (Å²) >= 11 is 0. The van der Waals surface area contributed by atoms with E-state index in [4.69, 9.17) is 5.73 Å². The van der Waals surface area contributed by atoms with Crippen molar-refractivity contribution in [1.29, 1.82) is 0 Å². The lowest BCUT2D eigenvalue weighted by atomic mass is 10.1. The third-order valence-corrected chi connectivity index (χ3v) is 5.62. The highest BCUT2D eigenvalue weighted by molar-refractivity contribution is 6.03. The summed E-state index contributed by atoms with van der Waals surface area (Å²) in [6.07, 6.45) is 4.02. The number of aliphatic imine (C=N–C) groups is 1. The fourth-order valence-corrected chi connectivity index (χ4v) is 3.96. The van der Waals surface area contributed by atoms with Crippen molar-refractivity contribution in [2.24, 2.45) is 10.7 Å². The zero-order chi connectivity index (χ0) is 24.2. The largest absolute Gasteiger partial charge is 0.403 e. The van der Waals surface area contributed by atoms with Gasteiger partial charge < -0.3 is 26.4 Å². The summed E-state index contributed by atoms with van der Waals surface area (Å²) in [4.78, 5) is 38.7. The van der Waals surface area contributed by atoms with Crippen LogP contribution in [-0.2, 0) is 11.3 Å². The minimum atomic E-state index is -0.846. The lowest BCUT2D eigenvalue weighted by molar-refractivity contribution is -0.131. The Morgan fingerprint density at radius 3 is 2.79 bits per heavy atom. The highest BCUT2D eigenvalue weighted by atomic mass is 19.1. The highest BCUT2D eigenvalue weighted by Crippen LogP contribution is 2.29. The van der Waals surface area contributed by atoms with E-state index in [0.717, 1.165) is 31.2 Å². The van der Waals surface area contributed by atoms with Crippen molar-refractivity contribution in [3.63, 3.8) is 0 Å². The molecule has 12 heteroatoms. The van der Waals surface area contributed by atoms with Crippen LogP contribution in [-0.4, -0.2) is 63.7 Å². The number of aliphatic hydroxyl groups excluding tert-OH is 1. The highest BCUT2D eigenvalue weighted by Gasteiger charge is 2.29. The molecule has 0 saturated carbocycles. The predicted octanol–water partition coefficient (Wildman–Crippen LogP) is 0.931. The van der Waals surface area contributed by atoms with Crippen molar-refractivity contribution in [3.8, 4) is 11.4 Å². The van der Waals surface area contributed by atoms with E-state index in [1.54, 1.807) is 4.90 Å². The minimum absolute atomic E-state index is 0.00739. The first-order valence-electron chi connectivity index (χ1n) is 10.7. The van der Waals surface area contributed by atoms with Crippen LogP contribution in [0.2, 0.25) is 0 Å². The molecule has 1 aromatic carbocycles. The summed E-state index contributed by atoms with van der Waals surface area (Å²) in [6, 6.07) is 3.19. The third-order valence-electron chi connectivity index (χ3n) is 5.62. The number of halogens is 2. The van der Waals surface area contributed by atoms with E-state index >= 15 is 0 Å². The Morgan fingerprint density at radius 1 is 1.32 bits per heavy atom. The van der Waals surface area contributed by atoms with Crippen molar-refractivity contribution in [1.82, 2.24) is 20.2 Å². The lowest BCUT2D eigenvalue weighted by Crippen LogP contribution is -2.38. The van der Waals surface area contributed by atoms with Crippen molar-refractivity contribution in [2.45, 2.75) is 25.4 Å². The molecule has 3 heterocycles. The molecule has 1 fully saturated rings. The van der Waals surface area contributed by atoms with Crippen molar-refractivity contribution in [3.05, 3.63) is 53.0 Å². The van der Waals surface area contributed by atoms with Gasteiger partial charge in [0.2, 0.25) is 5.91 Å². The second kappa shape index (κ2) is 9.91. The van der Waals surface area contributed by atoms with E-state index in [-0.39, 0.29) is 60.2 Å². The van der Waals surface area contributed by atoms with Crippen molar-refractivity contribution >= 4 is 23.8 Å². The second-order valence-corrected chi connectivity index (χ2v) is 7.78. The average molecular weight is 471 g/mol. The summed E-state index contributed by atoms with van der Waals surface area (Å²) in [5.74, 6) is -2.62. The number of hydrogen-bond acceptors (Lipinski definition) is 8. The molecule has 1 atom stereocenters. The normalized spacial score (nSPS) is 17.9. The van der Waals surface area contributed by atoms with E-state index in [1.165, 1.54) is 12.3 Å². The van der Waals surface area contributed by atoms with Gasteiger partial charge in [-0.1, -0.05) is 6.07 Å². The molecular weight excluding hydrogens is 448 g/mol. The number of nitrogens with one attached hydrogen (secondary N) is 2. The standard InChI is InChI=1S/C22H23F2N7O3/c23-14-4-1-5-15(24)18(14)20-29-16-9-27-22(34)19(16)21(30-20)28-12(7-25)8-26-10-17(33)31-6-2-3-13(31)11-32/h1,4-5,7-8,13,32H,2-3,6,9-11,25H2,(H,27,34)(H,28,29,30). The van der Waals surface area contributed by atoms with Crippen molar-refractivity contribution in [2.75, 3.05) is 25.0 Å². The van der Waals surface area contributed by atoms with Crippen LogP contribution in [0, 0.1) is 11.6 Å². The number of aromatic nitrogens is 2. The Bertz CT molecular complexity index is 1170. The first-order chi connectivity index (χ1) is 16.4. The number of rotatable bonds is 7. The molecule has 0 aliphatic carbocycles. The Hall–Kier alpha value is -3.93. The maximum Gasteiger partial charge on any atom is 0.257 e. The van der Waals surface area contributed by atoms with Crippen LogP contribution in [0.3, 0.4) is 0 Å². The van der Waals surface area contributed by atoms with E-state index in [1.807, 2.05) is 0 Å². The van der Waals surface area contributed by atoms with Gasteiger partial charge in [-0.3, -0.25) is 14.6 Å². The van der Waals surface area contributed by atoms with Gasteiger partial charge in [-0.2, -0.15) is 0 Å². The molecule has 0 spiro atoms. The van der Waals surface area contributed by atoms with E-state index < -0.39 is 23.1 Å². The zero-order valence-corrected chi connectivity index (χ0v) is 18.1. The molecule has 4 rings (SSSR count). The second-order valence-electron chi connectivity index (χ2n) is 7.78. The predicted molar refractivity (Wildman–Crippen MR) is 120 cm³/mol. The number of carbonyl (C=O) groups excluding carboxylic acids is 2. The minimum Gasteiger partial charge on any atom is -0.403 e. The number of aliphatic hydroxyl groups is 1. The van der Waals surface area contributed by atoms with Gasteiger partial charge in [0.05, 0.1) is 36.1 Å². The molecule has 10 nitrogen and oxygen atoms in total. The molecule has 0 radical (unpaired) electrons. The first-order valence-corrected chi connectivity index (χ1v) is 10.7. The number of amides is 2. The molecule has 2 aliphatic rings. The van der Waals surface area contributed by atoms with Crippen LogP contribution >= 0.6 is 0 Å². The molecule has 2 aliphatic heterocycles. The number of hydrogen-bond donors (Lipinski definition) is 4. The Balaban J connectivity index is 1.57. The van der Waals surface area contributed by atoms with E-state index in [9.17, 15) is 23.5 Å². The summed E-state index contributed by atoms with van der Waals surface area (Å²) in [5.41, 5.74) is 5.84. The van der Waals surface area contributed by atoms with Crippen molar-refractivity contribution < 1.29 is 23.5 Å². The zero-order valence-electron chi connectivity index (χ0n) is 18.1. The Morgan fingerprint density at radius 2 is 2.09 bits per heavy atom. The van der Waals surface area contributed by atoms with Crippen LogP contribution in [0.5, 0.6) is 0 Å². The van der Waals surface area contributed by atoms with Gasteiger partial charge in [-0.15, -0.1) is 0 Å². The molecule has 178 valence electrons. The summed E-state index contributed by atoms with van der Waals surface area (Å²) in [5, 5.41) is 14.8. The van der Waals surface area contributed by atoms with E-state index in [0.29, 0.717) is 6.54 Å². The Kier molecular flexibility index (Phi) is 6.77. The van der Waals surface area contributed by atoms with Gasteiger partial charge >= 0.3 is 0 Å².